The summed E-state index contributed by atoms with van der Waals surface area (Å²) in [6.45, 7) is 4.51. The average molecular weight is 710 g/mol. The second kappa shape index (κ2) is 13.6. The van der Waals surface area contributed by atoms with Gasteiger partial charge in [0.25, 0.3) is 5.91 Å². The van der Waals surface area contributed by atoms with Gasteiger partial charge < -0.3 is 20.3 Å². The molecule has 0 aromatic heterocycles. The highest BCUT2D eigenvalue weighted by Gasteiger charge is 2.62. The fourth-order valence-electron chi connectivity index (χ4n) is 8.34. The van der Waals surface area contributed by atoms with E-state index >= 15 is 0 Å². The molecule has 3 heterocycles. The predicted molar refractivity (Wildman–Crippen MR) is 181 cm³/mol. The highest BCUT2D eigenvalue weighted by Crippen LogP contribution is 2.45. The van der Waals surface area contributed by atoms with E-state index in [9.17, 15) is 32.4 Å². The molecule has 13 nitrogen and oxygen atoms in total. The number of fused-ring (bicyclic) bond motifs is 3. The fourth-order valence-corrected chi connectivity index (χ4v) is 9.70. The lowest BCUT2D eigenvalue weighted by atomic mass is 9.95. The molecule has 0 radical (unpaired) electrons. The van der Waals surface area contributed by atoms with Crippen molar-refractivity contribution in [2.75, 3.05) is 6.54 Å². The molecule has 7 rings (SSSR count). The molecule has 1 aromatic rings. The van der Waals surface area contributed by atoms with Crippen molar-refractivity contribution in [3.63, 3.8) is 0 Å². The van der Waals surface area contributed by atoms with E-state index in [1.54, 1.807) is 4.90 Å². The Bertz CT molecular complexity index is 1690. The normalized spacial score (nSPS) is 30.6. The first-order chi connectivity index (χ1) is 24.0. The van der Waals surface area contributed by atoms with Gasteiger partial charge in [0.15, 0.2) is 0 Å². The highest BCUT2D eigenvalue weighted by molar-refractivity contribution is 7.91. The summed E-state index contributed by atoms with van der Waals surface area (Å²) in [4.78, 5) is 71.9. The summed E-state index contributed by atoms with van der Waals surface area (Å²) >= 11 is 0. The Labute approximate surface area is 293 Å². The van der Waals surface area contributed by atoms with Crippen molar-refractivity contribution in [2.24, 2.45) is 11.8 Å². The molecule has 5 atom stereocenters. The van der Waals surface area contributed by atoms with Crippen molar-refractivity contribution >= 4 is 39.7 Å². The van der Waals surface area contributed by atoms with Crippen molar-refractivity contribution in [3.8, 4) is 0 Å². The Morgan fingerprint density at radius 1 is 0.980 bits per heavy atom. The van der Waals surface area contributed by atoms with E-state index in [0.717, 1.165) is 56.1 Å². The monoisotopic (exact) mass is 709 g/mol. The maximum Gasteiger partial charge on any atom is 0.410 e. The van der Waals surface area contributed by atoms with Crippen LogP contribution in [0.4, 0.5) is 4.79 Å². The number of hydrogen-bond acceptors (Lipinski definition) is 8. The number of nitrogens with zero attached hydrogens (tertiary/aromatic N) is 2. The quantitative estimate of drug-likeness (QED) is 0.363. The van der Waals surface area contributed by atoms with Gasteiger partial charge in [-0.25, -0.2) is 13.2 Å². The van der Waals surface area contributed by atoms with Crippen LogP contribution in [0.15, 0.2) is 30.9 Å². The van der Waals surface area contributed by atoms with Crippen LogP contribution in [-0.4, -0.2) is 83.5 Å². The number of carbonyl (C=O) groups is 5. The minimum absolute atomic E-state index is 0.0164. The van der Waals surface area contributed by atoms with E-state index in [2.05, 4.69) is 28.0 Å². The first kappa shape index (κ1) is 34.5. The third-order valence-corrected chi connectivity index (χ3v) is 13.3. The van der Waals surface area contributed by atoms with Gasteiger partial charge in [-0.15, -0.1) is 6.58 Å². The van der Waals surface area contributed by atoms with Gasteiger partial charge in [0.2, 0.25) is 27.7 Å². The van der Waals surface area contributed by atoms with Crippen molar-refractivity contribution in [1.29, 1.82) is 0 Å². The standard InChI is InChI=1S/C36H47N5O8S/c1-2-25-18-36(25,34(45)39-50(47,48)27-15-16-27)38-32(43)29-17-26-20-41(29)33(44)31(23-10-6-7-11-23)37-30(42)14-5-3-4-9-22-12-8-13-24-19-40(21-28(22)24)35(46)49-26/h2,8,12-13,23,25-27,29,31H,1,3-7,9-11,14-21H2,(H,37,42)(H,38,43)(H,39,45)/t25-,26-,29+,31+,36-/m1/s1. The third-order valence-electron chi connectivity index (χ3n) is 11.5. The maximum atomic E-state index is 14.5. The van der Waals surface area contributed by atoms with Gasteiger partial charge in [0.1, 0.15) is 23.7 Å². The number of ether oxygens (including phenoxy) is 1. The number of sulfonamides is 1. The molecule has 5 amide bonds. The van der Waals surface area contributed by atoms with Crippen molar-refractivity contribution in [3.05, 3.63) is 47.5 Å². The summed E-state index contributed by atoms with van der Waals surface area (Å²) < 4.78 is 33.4. The predicted octanol–water partition coefficient (Wildman–Crippen LogP) is 2.57. The van der Waals surface area contributed by atoms with E-state index in [1.165, 1.54) is 16.5 Å². The van der Waals surface area contributed by atoms with E-state index in [-0.39, 0.29) is 37.6 Å². The van der Waals surface area contributed by atoms with Gasteiger partial charge in [-0.1, -0.05) is 43.5 Å². The Morgan fingerprint density at radius 2 is 1.72 bits per heavy atom. The first-order valence-corrected chi connectivity index (χ1v) is 19.7. The van der Waals surface area contributed by atoms with Crippen LogP contribution < -0.4 is 15.4 Å². The molecule has 3 aliphatic heterocycles. The minimum Gasteiger partial charge on any atom is -0.444 e. The summed E-state index contributed by atoms with van der Waals surface area (Å²) in [5.41, 5.74) is 1.82. The lowest BCUT2D eigenvalue weighted by Gasteiger charge is -2.32. The van der Waals surface area contributed by atoms with Gasteiger partial charge >= 0.3 is 6.09 Å². The van der Waals surface area contributed by atoms with Gasteiger partial charge in [-0.2, -0.15) is 0 Å². The number of nitrogens with one attached hydrogen (secondary N) is 3. The molecule has 50 heavy (non-hydrogen) atoms. The smallest absolute Gasteiger partial charge is 0.410 e. The lowest BCUT2D eigenvalue weighted by molar-refractivity contribution is -0.143. The largest absolute Gasteiger partial charge is 0.444 e. The lowest BCUT2D eigenvalue weighted by Crippen LogP contribution is -2.59. The molecule has 1 saturated heterocycles. The van der Waals surface area contributed by atoms with Crippen LogP contribution in [0.3, 0.4) is 0 Å². The molecule has 4 bridgehead atoms. The van der Waals surface area contributed by atoms with Crippen LogP contribution in [0, 0.1) is 11.8 Å². The molecular formula is C36H47N5O8S. The van der Waals surface area contributed by atoms with Crippen molar-refractivity contribution < 1.29 is 37.1 Å². The topological polar surface area (TPSA) is 171 Å². The molecular weight excluding hydrogens is 662 g/mol. The van der Waals surface area contributed by atoms with Gasteiger partial charge in [-0.05, 0) is 74.0 Å². The van der Waals surface area contributed by atoms with E-state index < -0.39 is 68.7 Å². The molecule has 3 saturated carbocycles. The number of carbonyl (C=O) groups excluding carboxylic acids is 5. The molecule has 3 aliphatic carbocycles. The summed E-state index contributed by atoms with van der Waals surface area (Å²) in [7, 11) is -3.88. The second-order valence-corrected chi connectivity index (χ2v) is 17.0. The number of rotatable bonds is 7. The number of amides is 5. The van der Waals surface area contributed by atoms with Crippen molar-refractivity contribution in [1.82, 2.24) is 25.2 Å². The minimum atomic E-state index is -3.88. The SMILES string of the molecule is C=C[C@@H]1C[C@]1(NC(=O)[C@@H]1C[C@@H]2CN1C(=O)[C@H](C1CCCC1)NC(=O)CCCCCc1cccc3c1CN(C3)C(=O)O2)C(=O)NS(=O)(=O)C1CC1. The molecule has 1 aromatic carbocycles. The molecule has 270 valence electrons. The average Bonchev–Trinajstić information content (AvgIpc) is 3.86. The van der Waals surface area contributed by atoms with Gasteiger partial charge in [0, 0.05) is 31.8 Å². The zero-order chi connectivity index (χ0) is 35.2. The van der Waals surface area contributed by atoms with Gasteiger partial charge in [-0.3, -0.25) is 28.8 Å². The molecule has 6 aliphatic rings. The summed E-state index contributed by atoms with van der Waals surface area (Å²) in [6.07, 6.45) is 8.12. The summed E-state index contributed by atoms with van der Waals surface area (Å²) in [5, 5.41) is 5.17. The van der Waals surface area contributed by atoms with Crippen LogP contribution in [0.25, 0.3) is 0 Å². The fraction of sp³-hybridized carbons (Fsp3) is 0.639. The Hall–Kier alpha value is -3.94. The number of aryl methyl sites for hydroxylation is 1. The van der Waals surface area contributed by atoms with E-state index in [1.807, 2.05) is 12.1 Å². The highest BCUT2D eigenvalue weighted by atomic mass is 32.2. The van der Waals surface area contributed by atoms with Crippen LogP contribution >= 0.6 is 0 Å². The molecule has 14 heteroatoms. The van der Waals surface area contributed by atoms with E-state index in [4.69, 9.17) is 4.74 Å². The zero-order valence-electron chi connectivity index (χ0n) is 28.4. The summed E-state index contributed by atoms with van der Waals surface area (Å²) in [5.74, 6) is -2.72. The second-order valence-electron chi connectivity index (χ2n) is 15.0. The molecule has 0 unspecified atom stereocenters. The summed E-state index contributed by atoms with van der Waals surface area (Å²) in [6, 6.07) is 4.12. The number of hydrogen-bond donors (Lipinski definition) is 3. The maximum absolute atomic E-state index is 14.5. The Balaban J connectivity index is 1.15. The van der Waals surface area contributed by atoms with Crippen LogP contribution in [-0.2, 0) is 53.4 Å². The van der Waals surface area contributed by atoms with E-state index in [0.29, 0.717) is 32.4 Å². The molecule has 0 spiro atoms. The van der Waals surface area contributed by atoms with Gasteiger partial charge in [0.05, 0.1) is 11.8 Å². The van der Waals surface area contributed by atoms with Crippen LogP contribution in [0.5, 0.6) is 0 Å². The first-order valence-electron chi connectivity index (χ1n) is 18.1. The third kappa shape index (κ3) is 6.87. The Morgan fingerprint density at radius 3 is 2.44 bits per heavy atom. The number of benzene rings is 1. The van der Waals surface area contributed by atoms with Crippen LogP contribution in [0.1, 0.15) is 93.7 Å². The molecule has 3 N–H and O–H groups in total. The van der Waals surface area contributed by atoms with Crippen LogP contribution in [0.2, 0.25) is 0 Å². The zero-order valence-corrected chi connectivity index (χ0v) is 29.2. The Kier molecular flexibility index (Phi) is 9.42. The van der Waals surface area contributed by atoms with Crippen molar-refractivity contribution in [2.45, 2.75) is 126 Å². The molecule has 4 fully saturated rings.